The monoisotopic (exact) mass is 274 g/mol. The van der Waals surface area contributed by atoms with Crippen LogP contribution < -0.4 is 10.7 Å². The van der Waals surface area contributed by atoms with E-state index >= 15 is 0 Å². The van der Waals surface area contributed by atoms with Crippen molar-refractivity contribution >= 4 is 16.8 Å². The Labute approximate surface area is 117 Å². The Morgan fingerprint density at radius 1 is 1.40 bits per heavy atom. The number of pyridine rings is 1. The van der Waals surface area contributed by atoms with Crippen molar-refractivity contribution in [2.75, 3.05) is 13.7 Å². The van der Waals surface area contributed by atoms with E-state index in [-0.39, 0.29) is 22.9 Å². The average molecular weight is 274 g/mol. The van der Waals surface area contributed by atoms with Crippen LogP contribution >= 0.6 is 0 Å². The van der Waals surface area contributed by atoms with E-state index in [1.165, 1.54) is 0 Å². The van der Waals surface area contributed by atoms with Crippen molar-refractivity contribution in [3.8, 4) is 0 Å². The molecule has 106 valence electrons. The molecule has 1 amide bonds. The molecule has 0 aliphatic carbocycles. The SMILES string of the molecule is COCC(C)NC(=O)c1cn(C)c2ccccc2c1=O. The summed E-state index contributed by atoms with van der Waals surface area (Å²) in [6.07, 6.45) is 1.57. The normalized spacial score (nSPS) is 12.3. The van der Waals surface area contributed by atoms with Crippen LogP contribution in [0.2, 0.25) is 0 Å². The molecular formula is C15H18N2O3. The molecule has 5 nitrogen and oxygen atoms in total. The van der Waals surface area contributed by atoms with Crippen LogP contribution in [0.25, 0.3) is 10.9 Å². The highest BCUT2D eigenvalue weighted by Gasteiger charge is 2.15. The summed E-state index contributed by atoms with van der Waals surface area (Å²) in [6, 6.07) is 7.09. The van der Waals surface area contributed by atoms with E-state index in [0.29, 0.717) is 12.0 Å². The number of carbonyl (C=O) groups is 1. The van der Waals surface area contributed by atoms with E-state index < -0.39 is 0 Å². The minimum absolute atomic E-state index is 0.147. The third-order valence-electron chi connectivity index (χ3n) is 3.13. The first-order valence-electron chi connectivity index (χ1n) is 6.42. The Kier molecular flexibility index (Phi) is 4.20. The molecule has 0 spiro atoms. The van der Waals surface area contributed by atoms with E-state index in [9.17, 15) is 9.59 Å². The number of ether oxygens (including phenoxy) is 1. The van der Waals surface area contributed by atoms with Crippen LogP contribution in [-0.2, 0) is 11.8 Å². The van der Waals surface area contributed by atoms with Crippen molar-refractivity contribution in [1.82, 2.24) is 9.88 Å². The number of methoxy groups -OCH3 is 1. The van der Waals surface area contributed by atoms with Gasteiger partial charge in [-0.05, 0) is 19.1 Å². The highest BCUT2D eigenvalue weighted by Crippen LogP contribution is 2.10. The van der Waals surface area contributed by atoms with Gasteiger partial charge >= 0.3 is 0 Å². The van der Waals surface area contributed by atoms with Crippen molar-refractivity contribution in [3.63, 3.8) is 0 Å². The quantitative estimate of drug-likeness (QED) is 0.914. The maximum absolute atomic E-state index is 12.4. The molecule has 1 atom stereocenters. The molecule has 0 bridgehead atoms. The number of hydrogen-bond donors (Lipinski definition) is 1. The summed E-state index contributed by atoms with van der Waals surface area (Å²) in [6.45, 7) is 2.23. The van der Waals surface area contributed by atoms with Gasteiger partial charge in [0.05, 0.1) is 12.1 Å². The van der Waals surface area contributed by atoms with Gasteiger partial charge in [-0.25, -0.2) is 0 Å². The van der Waals surface area contributed by atoms with Crippen LogP contribution in [-0.4, -0.2) is 30.2 Å². The van der Waals surface area contributed by atoms with Crippen LogP contribution in [0.3, 0.4) is 0 Å². The van der Waals surface area contributed by atoms with Crippen LogP contribution in [0.15, 0.2) is 35.3 Å². The molecule has 20 heavy (non-hydrogen) atoms. The lowest BCUT2D eigenvalue weighted by atomic mass is 10.1. The largest absolute Gasteiger partial charge is 0.383 e. The summed E-state index contributed by atoms with van der Waals surface area (Å²) in [5.74, 6) is -0.374. The summed E-state index contributed by atoms with van der Waals surface area (Å²) in [4.78, 5) is 24.5. The molecule has 2 aromatic rings. The number of para-hydroxylation sites is 1. The summed E-state index contributed by atoms with van der Waals surface area (Å²) >= 11 is 0. The number of nitrogens with zero attached hydrogens (tertiary/aromatic N) is 1. The van der Waals surface area contributed by atoms with Crippen molar-refractivity contribution < 1.29 is 9.53 Å². The van der Waals surface area contributed by atoms with Gasteiger partial charge in [0, 0.05) is 31.8 Å². The Bertz CT molecular complexity index is 691. The Balaban J connectivity index is 2.43. The molecule has 0 fully saturated rings. The van der Waals surface area contributed by atoms with Crippen molar-refractivity contribution in [2.24, 2.45) is 7.05 Å². The summed E-state index contributed by atoms with van der Waals surface area (Å²) in [5, 5.41) is 3.30. The first-order chi connectivity index (χ1) is 9.54. The molecule has 1 aromatic carbocycles. The summed E-state index contributed by atoms with van der Waals surface area (Å²) in [7, 11) is 3.38. The van der Waals surface area contributed by atoms with Crippen molar-refractivity contribution in [3.05, 3.63) is 46.2 Å². The first kappa shape index (κ1) is 14.3. The topological polar surface area (TPSA) is 60.3 Å². The number of carbonyl (C=O) groups excluding carboxylic acids is 1. The average Bonchev–Trinajstić information content (AvgIpc) is 2.43. The van der Waals surface area contributed by atoms with Gasteiger partial charge in [0.25, 0.3) is 5.91 Å². The molecule has 0 saturated heterocycles. The molecule has 2 rings (SSSR count). The molecular weight excluding hydrogens is 256 g/mol. The fourth-order valence-electron chi connectivity index (χ4n) is 2.20. The standard InChI is InChI=1S/C15H18N2O3/c1-10(9-20-3)16-15(19)12-8-17(2)13-7-5-4-6-11(13)14(12)18/h4-8,10H,9H2,1-3H3,(H,16,19). The number of fused-ring (bicyclic) bond motifs is 1. The highest BCUT2D eigenvalue weighted by atomic mass is 16.5. The molecule has 5 heteroatoms. The zero-order valence-corrected chi connectivity index (χ0v) is 11.8. The molecule has 0 radical (unpaired) electrons. The number of hydrogen-bond acceptors (Lipinski definition) is 3. The van der Waals surface area contributed by atoms with Gasteiger partial charge in [0.15, 0.2) is 0 Å². The smallest absolute Gasteiger partial charge is 0.257 e. The maximum atomic E-state index is 12.4. The molecule has 1 aromatic heterocycles. The minimum Gasteiger partial charge on any atom is -0.383 e. The fourth-order valence-corrected chi connectivity index (χ4v) is 2.20. The summed E-state index contributed by atoms with van der Waals surface area (Å²) < 4.78 is 6.75. The Hall–Kier alpha value is -2.14. The van der Waals surface area contributed by atoms with Gasteiger partial charge in [-0.3, -0.25) is 9.59 Å². The van der Waals surface area contributed by atoms with E-state index in [1.807, 2.05) is 26.1 Å². The third kappa shape index (κ3) is 2.72. The number of nitrogens with one attached hydrogen (secondary N) is 1. The molecule has 0 aliphatic rings. The minimum atomic E-state index is -0.374. The molecule has 1 heterocycles. The van der Waals surface area contributed by atoms with Gasteiger partial charge in [0.1, 0.15) is 5.56 Å². The van der Waals surface area contributed by atoms with Crippen LogP contribution in [0.1, 0.15) is 17.3 Å². The first-order valence-corrected chi connectivity index (χ1v) is 6.42. The van der Waals surface area contributed by atoms with Gasteiger partial charge < -0.3 is 14.6 Å². The van der Waals surface area contributed by atoms with E-state index in [0.717, 1.165) is 5.52 Å². The number of benzene rings is 1. The number of amides is 1. The van der Waals surface area contributed by atoms with Gasteiger partial charge in [0.2, 0.25) is 5.43 Å². The van der Waals surface area contributed by atoms with E-state index in [1.54, 1.807) is 30.0 Å². The lowest BCUT2D eigenvalue weighted by molar-refractivity contribution is 0.0904. The van der Waals surface area contributed by atoms with E-state index in [2.05, 4.69) is 5.32 Å². The molecule has 0 aliphatic heterocycles. The second-order valence-corrected chi connectivity index (χ2v) is 4.83. The van der Waals surface area contributed by atoms with Gasteiger partial charge in [-0.15, -0.1) is 0 Å². The maximum Gasteiger partial charge on any atom is 0.257 e. The molecule has 0 saturated carbocycles. The van der Waals surface area contributed by atoms with E-state index in [4.69, 9.17) is 4.74 Å². The number of aryl methyl sites for hydroxylation is 1. The zero-order valence-electron chi connectivity index (χ0n) is 11.8. The van der Waals surface area contributed by atoms with Crippen LogP contribution in [0, 0.1) is 0 Å². The number of rotatable bonds is 4. The third-order valence-corrected chi connectivity index (χ3v) is 3.13. The lowest BCUT2D eigenvalue weighted by Crippen LogP contribution is -2.38. The predicted octanol–water partition coefficient (Wildman–Crippen LogP) is 1.30. The van der Waals surface area contributed by atoms with Gasteiger partial charge in [-0.1, -0.05) is 12.1 Å². The van der Waals surface area contributed by atoms with Crippen LogP contribution in [0.5, 0.6) is 0 Å². The Morgan fingerprint density at radius 3 is 2.80 bits per heavy atom. The van der Waals surface area contributed by atoms with Gasteiger partial charge in [-0.2, -0.15) is 0 Å². The van der Waals surface area contributed by atoms with Crippen molar-refractivity contribution in [2.45, 2.75) is 13.0 Å². The predicted molar refractivity (Wildman–Crippen MR) is 78.0 cm³/mol. The summed E-state index contributed by atoms with van der Waals surface area (Å²) in [5.41, 5.74) is 0.703. The fraction of sp³-hybridized carbons (Fsp3) is 0.333. The lowest BCUT2D eigenvalue weighted by Gasteiger charge is -2.13. The second kappa shape index (κ2) is 5.88. The molecule has 1 unspecified atom stereocenters. The highest BCUT2D eigenvalue weighted by molar-refractivity contribution is 5.97. The second-order valence-electron chi connectivity index (χ2n) is 4.83. The number of aromatic nitrogens is 1. The van der Waals surface area contributed by atoms with Crippen molar-refractivity contribution in [1.29, 1.82) is 0 Å². The molecule has 1 N–H and O–H groups in total. The van der Waals surface area contributed by atoms with Crippen LogP contribution in [0.4, 0.5) is 0 Å². The Morgan fingerprint density at radius 2 is 2.10 bits per heavy atom. The zero-order chi connectivity index (χ0) is 14.7.